The Balaban J connectivity index is 1.30. The molecule has 0 spiro atoms. The lowest BCUT2D eigenvalue weighted by Gasteiger charge is -2.28. The van der Waals surface area contributed by atoms with E-state index in [4.69, 9.17) is 14.2 Å². The highest BCUT2D eigenvalue weighted by atomic mass is 16.5. The standard InChI is InChI=1S/C53H45N3O3/c1-53(38-57-35-47(32-54)50(41-20-8-2-9-21-41)42-22-10-3-11-23-42,39-58-36-48(33-55)51(43-24-12-4-13-25-43)44-26-14-5-15-27-44)40-59-37-49(34-56)52(45-28-16-6-17-29-45)46-30-18-7-19-31-46/h2-31,35-37,50-52H,38-40H2,1H3. The van der Waals surface area contributed by atoms with Gasteiger partial charge in [-0.15, -0.1) is 0 Å². The second-order valence-electron chi connectivity index (χ2n) is 14.6. The van der Waals surface area contributed by atoms with Crippen molar-refractivity contribution in [2.45, 2.75) is 24.7 Å². The highest BCUT2D eigenvalue weighted by Gasteiger charge is 2.29. The van der Waals surface area contributed by atoms with Crippen molar-refractivity contribution in [2.75, 3.05) is 19.8 Å². The summed E-state index contributed by atoms with van der Waals surface area (Å²) in [6.07, 6.45) is 4.58. The van der Waals surface area contributed by atoms with E-state index in [-0.39, 0.29) is 37.6 Å². The van der Waals surface area contributed by atoms with Crippen molar-refractivity contribution in [2.24, 2.45) is 5.41 Å². The molecule has 59 heavy (non-hydrogen) atoms. The minimum Gasteiger partial charge on any atom is -0.499 e. The molecule has 290 valence electrons. The van der Waals surface area contributed by atoms with Gasteiger partial charge in [-0.2, -0.15) is 15.8 Å². The van der Waals surface area contributed by atoms with E-state index >= 15 is 0 Å². The van der Waals surface area contributed by atoms with E-state index in [1.807, 2.05) is 189 Å². The van der Waals surface area contributed by atoms with E-state index in [9.17, 15) is 15.8 Å². The summed E-state index contributed by atoms with van der Waals surface area (Å²) in [5, 5.41) is 31.4. The largest absolute Gasteiger partial charge is 0.499 e. The summed E-state index contributed by atoms with van der Waals surface area (Å²) in [6.45, 7) is 2.25. The molecule has 0 saturated heterocycles. The van der Waals surface area contributed by atoms with Gasteiger partial charge in [-0.25, -0.2) is 0 Å². The van der Waals surface area contributed by atoms with Crippen LogP contribution in [-0.4, -0.2) is 19.8 Å². The van der Waals surface area contributed by atoms with Crippen molar-refractivity contribution < 1.29 is 14.2 Å². The van der Waals surface area contributed by atoms with Crippen molar-refractivity contribution in [1.82, 2.24) is 0 Å². The van der Waals surface area contributed by atoms with Crippen LogP contribution in [0.5, 0.6) is 0 Å². The molecule has 0 aliphatic heterocycles. The number of nitriles is 3. The van der Waals surface area contributed by atoms with E-state index in [2.05, 4.69) is 18.2 Å². The molecule has 0 aliphatic carbocycles. The zero-order chi connectivity index (χ0) is 41.1. The average Bonchev–Trinajstić information content (AvgIpc) is 3.30. The predicted octanol–water partition coefficient (Wildman–Crippen LogP) is 11.8. The van der Waals surface area contributed by atoms with E-state index in [0.717, 1.165) is 33.4 Å². The van der Waals surface area contributed by atoms with Gasteiger partial charge in [-0.3, -0.25) is 0 Å². The van der Waals surface area contributed by atoms with Gasteiger partial charge in [-0.1, -0.05) is 182 Å². The number of hydrogen-bond acceptors (Lipinski definition) is 6. The molecule has 6 aromatic carbocycles. The topological polar surface area (TPSA) is 99.1 Å². The fraction of sp³-hybridized carbons (Fsp3) is 0.151. The summed E-state index contributed by atoms with van der Waals surface area (Å²) < 4.78 is 18.9. The smallest absolute Gasteiger partial charge is 0.0992 e. The molecule has 0 amide bonds. The lowest BCUT2D eigenvalue weighted by atomic mass is 9.86. The third-order valence-electron chi connectivity index (χ3n) is 10.0. The Morgan fingerprint density at radius 1 is 0.390 bits per heavy atom. The second-order valence-corrected chi connectivity index (χ2v) is 14.6. The number of nitrogens with zero attached hydrogens (tertiary/aromatic N) is 3. The molecule has 6 rings (SSSR count). The summed E-state index contributed by atoms with van der Waals surface area (Å²) in [5.41, 5.74) is 6.28. The fourth-order valence-electron chi connectivity index (χ4n) is 7.13. The Bertz CT molecular complexity index is 2040. The van der Waals surface area contributed by atoms with Crippen molar-refractivity contribution in [3.63, 3.8) is 0 Å². The van der Waals surface area contributed by atoms with Crippen LogP contribution in [0.3, 0.4) is 0 Å². The van der Waals surface area contributed by atoms with Crippen LogP contribution in [-0.2, 0) is 14.2 Å². The Morgan fingerprint density at radius 3 is 0.746 bits per heavy atom. The summed E-state index contributed by atoms with van der Waals surface area (Å²) >= 11 is 0. The van der Waals surface area contributed by atoms with Crippen LogP contribution in [0.4, 0.5) is 0 Å². The number of benzene rings is 6. The summed E-state index contributed by atoms with van der Waals surface area (Å²) in [7, 11) is 0. The predicted molar refractivity (Wildman–Crippen MR) is 231 cm³/mol. The van der Waals surface area contributed by atoms with Crippen LogP contribution >= 0.6 is 0 Å². The van der Waals surface area contributed by atoms with Gasteiger partial charge in [0.05, 0.1) is 78.9 Å². The second kappa shape index (κ2) is 21.1. The molecule has 0 fully saturated rings. The van der Waals surface area contributed by atoms with Gasteiger partial charge in [0.25, 0.3) is 0 Å². The molecule has 0 heterocycles. The number of rotatable bonds is 18. The molecule has 6 aromatic rings. The van der Waals surface area contributed by atoms with Crippen LogP contribution in [0, 0.1) is 39.4 Å². The fourth-order valence-corrected chi connectivity index (χ4v) is 7.13. The summed E-state index contributed by atoms with van der Waals surface area (Å²) in [4.78, 5) is 0. The van der Waals surface area contributed by atoms with Crippen molar-refractivity contribution in [3.8, 4) is 18.2 Å². The van der Waals surface area contributed by atoms with Gasteiger partial charge < -0.3 is 14.2 Å². The average molecular weight is 772 g/mol. The highest BCUT2D eigenvalue weighted by molar-refractivity contribution is 5.48. The van der Waals surface area contributed by atoms with Crippen LogP contribution in [0.25, 0.3) is 0 Å². The molecule has 0 saturated carbocycles. The third kappa shape index (κ3) is 11.0. The Hall–Kier alpha value is -7.59. The van der Waals surface area contributed by atoms with Crippen LogP contribution in [0.1, 0.15) is 58.1 Å². The normalized spacial score (nSPS) is 12.9. The van der Waals surface area contributed by atoms with Gasteiger partial charge in [0.15, 0.2) is 0 Å². The summed E-state index contributed by atoms with van der Waals surface area (Å²) in [5.74, 6) is -1.03. The van der Waals surface area contributed by atoms with Gasteiger partial charge in [0, 0.05) is 17.8 Å². The SMILES string of the molecule is CC(COC=C(C#N)C(c1ccccc1)c1ccccc1)(COC=C(C#N)C(c1ccccc1)c1ccccc1)COC=C(C#N)C(c1ccccc1)c1ccccc1. The first kappa shape index (κ1) is 41.1. The first-order valence-corrected chi connectivity index (χ1v) is 19.5. The molecule has 0 N–H and O–H groups in total. The maximum atomic E-state index is 10.5. The first-order chi connectivity index (χ1) is 29.0. The van der Waals surface area contributed by atoms with E-state index in [1.54, 1.807) is 0 Å². The van der Waals surface area contributed by atoms with Crippen LogP contribution < -0.4 is 0 Å². The third-order valence-corrected chi connectivity index (χ3v) is 10.0. The number of hydrogen-bond donors (Lipinski definition) is 0. The van der Waals surface area contributed by atoms with Gasteiger partial charge in [-0.05, 0) is 40.3 Å². The van der Waals surface area contributed by atoms with E-state index in [0.29, 0.717) is 16.7 Å². The Labute approximate surface area is 347 Å². The molecular formula is C53H45N3O3. The molecular weight excluding hydrogens is 727 g/mol. The molecule has 6 nitrogen and oxygen atoms in total. The lowest BCUT2D eigenvalue weighted by molar-refractivity contribution is 0.00191. The van der Waals surface area contributed by atoms with Crippen molar-refractivity contribution >= 4 is 0 Å². The minimum atomic E-state index is -0.815. The van der Waals surface area contributed by atoms with Crippen molar-refractivity contribution in [3.05, 3.63) is 251 Å². The monoisotopic (exact) mass is 771 g/mol. The molecule has 6 heteroatoms. The molecule has 0 aliphatic rings. The van der Waals surface area contributed by atoms with Gasteiger partial charge in [0.1, 0.15) is 0 Å². The number of allylic oxidation sites excluding steroid dienone is 3. The van der Waals surface area contributed by atoms with Crippen LogP contribution in [0.15, 0.2) is 217 Å². The molecule has 0 aromatic heterocycles. The molecule has 0 unspecified atom stereocenters. The lowest BCUT2D eigenvalue weighted by Crippen LogP contribution is -2.32. The molecule has 0 bridgehead atoms. The minimum absolute atomic E-state index is 0.0987. The van der Waals surface area contributed by atoms with Crippen LogP contribution in [0.2, 0.25) is 0 Å². The summed E-state index contributed by atoms with van der Waals surface area (Å²) in [6, 6.07) is 66.4. The van der Waals surface area contributed by atoms with Gasteiger partial charge >= 0.3 is 0 Å². The maximum absolute atomic E-state index is 10.5. The van der Waals surface area contributed by atoms with Gasteiger partial charge in [0.2, 0.25) is 0 Å². The Morgan fingerprint density at radius 2 is 0.576 bits per heavy atom. The zero-order valence-corrected chi connectivity index (χ0v) is 33.0. The molecule has 0 radical (unpaired) electrons. The Kier molecular flexibility index (Phi) is 14.7. The van der Waals surface area contributed by atoms with E-state index < -0.39 is 5.41 Å². The maximum Gasteiger partial charge on any atom is 0.0992 e. The van der Waals surface area contributed by atoms with E-state index in [1.165, 1.54) is 18.8 Å². The number of ether oxygens (including phenoxy) is 3. The zero-order valence-electron chi connectivity index (χ0n) is 33.0. The first-order valence-electron chi connectivity index (χ1n) is 19.5. The highest BCUT2D eigenvalue weighted by Crippen LogP contribution is 2.35. The van der Waals surface area contributed by atoms with Crippen molar-refractivity contribution in [1.29, 1.82) is 15.8 Å². The quantitative estimate of drug-likeness (QED) is 0.0637. The molecule has 0 atom stereocenters.